The van der Waals surface area contributed by atoms with E-state index in [4.69, 9.17) is 4.74 Å². The van der Waals surface area contributed by atoms with Gasteiger partial charge in [-0.15, -0.1) is 0 Å². The molecule has 0 unspecified atom stereocenters. The maximum absolute atomic E-state index is 12.3. The van der Waals surface area contributed by atoms with Gasteiger partial charge in [0.05, 0.1) is 5.56 Å². The number of imide groups is 1. The fourth-order valence-corrected chi connectivity index (χ4v) is 2.60. The predicted molar refractivity (Wildman–Crippen MR) is 100 cm³/mol. The van der Waals surface area contributed by atoms with Gasteiger partial charge in [0.25, 0.3) is 11.8 Å². The summed E-state index contributed by atoms with van der Waals surface area (Å²) >= 11 is 0. The second-order valence-electron chi connectivity index (χ2n) is 5.95. The van der Waals surface area contributed by atoms with E-state index in [0.29, 0.717) is 10.9 Å². The van der Waals surface area contributed by atoms with Crippen molar-refractivity contribution in [3.63, 3.8) is 0 Å². The molecule has 3 aromatic rings. The molecule has 0 atom stereocenters. The molecular weight excluding hydrogens is 402 g/mol. The molecule has 1 aromatic heterocycles. The zero-order valence-corrected chi connectivity index (χ0v) is 15.2. The number of ether oxygens (including phenoxy) is 2. The summed E-state index contributed by atoms with van der Waals surface area (Å²) in [5.74, 6) is -2.78. The molecule has 3 rings (SSSR count). The summed E-state index contributed by atoms with van der Waals surface area (Å²) in [6.45, 7) is -3.77. The SMILES string of the molecule is O=C(COC(=O)c1cc(=O)[nH]c2ccccc12)NC(=O)c1ccc(OC(F)F)cc1. The number of carbonyl (C=O) groups is 3. The van der Waals surface area contributed by atoms with E-state index in [9.17, 15) is 28.0 Å². The van der Waals surface area contributed by atoms with Gasteiger partial charge in [-0.05, 0) is 30.3 Å². The van der Waals surface area contributed by atoms with Crippen LogP contribution in [0.15, 0.2) is 59.4 Å². The minimum atomic E-state index is -3.00. The Kier molecular flexibility index (Phi) is 6.16. The summed E-state index contributed by atoms with van der Waals surface area (Å²) in [5.41, 5.74) is -0.102. The van der Waals surface area contributed by atoms with E-state index in [2.05, 4.69) is 9.72 Å². The fraction of sp³-hybridized carbons (Fsp3) is 0.100. The first-order chi connectivity index (χ1) is 14.3. The summed E-state index contributed by atoms with van der Waals surface area (Å²) in [6, 6.07) is 12.3. The quantitative estimate of drug-likeness (QED) is 0.596. The molecule has 0 radical (unpaired) electrons. The van der Waals surface area contributed by atoms with Crippen LogP contribution in [0.2, 0.25) is 0 Å². The summed E-state index contributed by atoms with van der Waals surface area (Å²) in [5, 5.41) is 2.43. The van der Waals surface area contributed by atoms with Crippen LogP contribution in [0.1, 0.15) is 20.7 Å². The van der Waals surface area contributed by atoms with Crippen LogP contribution in [-0.2, 0) is 9.53 Å². The largest absolute Gasteiger partial charge is 0.452 e. The maximum Gasteiger partial charge on any atom is 0.387 e. The fourth-order valence-electron chi connectivity index (χ4n) is 2.60. The van der Waals surface area contributed by atoms with Crippen LogP contribution < -0.4 is 15.6 Å². The zero-order chi connectivity index (χ0) is 21.7. The molecular formula is C20H14F2N2O6. The normalized spacial score (nSPS) is 10.6. The number of hydrogen-bond donors (Lipinski definition) is 2. The number of hydrogen-bond acceptors (Lipinski definition) is 6. The smallest absolute Gasteiger partial charge is 0.387 e. The molecule has 30 heavy (non-hydrogen) atoms. The minimum Gasteiger partial charge on any atom is -0.452 e. The Labute approximate surface area is 167 Å². The highest BCUT2D eigenvalue weighted by Crippen LogP contribution is 2.16. The Morgan fingerprint density at radius 3 is 2.43 bits per heavy atom. The molecule has 0 fully saturated rings. The Bertz CT molecular complexity index is 1160. The number of para-hydroxylation sites is 1. The summed E-state index contributed by atoms with van der Waals surface area (Å²) in [7, 11) is 0. The van der Waals surface area contributed by atoms with E-state index in [1.54, 1.807) is 24.3 Å². The maximum atomic E-state index is 12.3. The van der Waals surface area contributed by atoms with Crippen LogP contribution in [0.5, 0.6) is 5.75 Å². The molecule has 0 bridgehead atoms. The van der Waals surface area contributed by atoms with Crippen LogP contribution in [0.25, 0.3) is 10.9 Å². The molecule has 2 aromatic carbocycles. The average Bonchev–Trinajstić information content (AvgIpc) is 2.71. The number of pyridine rings is 1. The van der Waals surface area contributed by atoms with Crippen molar-refractivity contribution in [1.29, 1.82) is 0 Å². The Morgan fingerprint density at radius 1 is 1.03 bits per heavy atom. The number of esters is 1. The van der Waals surface area contributed by atoms with Gasteiger partial charge in [0, 0.05) is 22.5 Å². The molecule has 0 spiro atoms. The molecule has 0 aliphatic heterocycles. The van der Waals surface area contributed by atoms with Gasteiger partial charge in [-0.1, -0.05) is 18.2 Å². The highest BCUT2D eigenvalue weighted by molar-refractivity contribution is 6.06. The molecule has 1 heterocycles. The first kappa shape index (κ1) is 20.6. The van der Waals surface area contributed by atoms with Crippen LogP contribution in [0.4, 0.5) is 8.78 Å². The van der Waals surface area contributed by atoms with Gasteiger partial charge in [0.2, 0.25) is 5.56 Å². The lowest BCUT2D eigenvalue weighted by atomic mass is 10.1. The van der Waals surface area contributed by atoms with Crippen molar-refractivity contribution in [3.8, 4) is 5.75 Å². The molecule has 0 saturated carbocycles. The number of aromatic amines is 1. The van der Waals surface area contributed by atoms with Crippen molar-refractivity contribution >= 4 is 28.7 Å². The van der Waals surface area contributed by atoms with Crippen molar-refractivity contribution in [2.75, 3.05) is 6.61 Å². The van der Waals surface area contributed by atoms with Gasteiger partial charge in [-0.25, -0.2) is 4.79 Å². The Hall–Kier alpha value is -4.08. The second-order valence-corrected chi connectivity index (χ2v) is 5.95. The number of fused-ring (bicyclic) bond motifs is 1. The summed E-state index contributed by atoms with van der Waals surface area (Å²) in [4.78, 5) is 50.5. The Balaban J connectivity index is 1.60. The van der Waals surface area contributed by atoms with E-state index >= 15 is 0 Å². The molecule has 0 aliphatic carbocycles. The van der Waals surface area contributed by atoms with Crippen LogP contribution >= 0.6 is 0 Å². The van der Waals surface area contributed by atoms with Gasteiger partial charge in [-0.2, -0.15) is 8.78 Å². The van der Waals surface area contributed by atoms with Crippen LogP contribution in [-0.4, -0.2) is 36.0 Å². The monoisotopic (exact) mass is 416 g/mol. The lowest BCUT2D eigenvalue weighted by molar-refractivity contribution is -0.123. The number of benzene rings is 2. The number of halogens is 2. The second kappa shape index (κ2) is 8.95. The third-order valence-corrected chi connectivity index (χ3v) is 3.90. The van der Waals surface area contributed by atoms with E-state index in [1.165, 1.54) is 12.1 Å². The van der Waals surface area contributed by atoms with Gasteiger partial charge in [-0.3, -0.25) is 19.7 Å². The lowest BCUT2D eigenvalue weighted by Crippen LogP contribution is -2.34. The van der Waals surface area contributed by atoms with Gasteiger partial charge in [0.15, 0.2) is 6.61 Å². The van der Waals surface area contributed by atoms with E-state index in [-0.39, 0.29) is 16.9 Å². The number of carbonyl (C=O) groups excluding carboxylic acids is 3. The number of alkyl halides is 2. The molecule has 154 valence electrons. The molecule has 2 amide bonds. The van der Waals surface area contributed by atoms with Crippen molar-refractivity contribution in [2.45, 2.75) is 6.61 Å². The predicted octanol–water partition coefficient (Wildman–Crippen LogP) is 2.24. The van der Waals surface area contributed by atoms with Gasteiger partial charge < -0.3 is 14.5 Å². The van der Waals surface area contributed by atoms with E-state index in [0.717, 1.165) is 18.2 Å². The van der Waals surface area contributed by atoms with Crippen molar-refractivity contribution < 1.29 is 32.6 Å². The first-order valence-electron chi connectivity index (χ1n) is 8.52. The van der Waals surface area contributed by atoms with Crippen molar-refractivity contribution in [2.24, 2.45) is 0 Å². The van der Waals surface area contributed by atoms with E-state index in [1.807, 2.05) is 5.32 Å². The van der Waals surface area contributed by atoms with Crippen LogP contribution in [0, 0.1) is 0 Å². The molecule has 10 heteroatoms. The Morgan fingerprint density at radius 2 is 1.73 bits per heavy atom. The first-order valence-corrected chi connectivity index (χ1v) is 8.52. The number of nitrogens with one attached hydrogen (secondary N) is 2. The molecule has 2 N–H and O–H groups in total. The standard InChI is InChI=1S/C20H14F2N2O6/c21-20(22)30-12-7-5-11(6-8-12)18(27)24-17(26)10-29-19(28)14-9-16(25)23-15-4-2-1-3-13(14)15/h1-9,20H,10H2,(H,23,25)(H,24,26,27). The topological polar surface area (TPSA) is 115 Å². The zero-order valence-electron chi connectivity index (χ0n) is 15.2. The van der Waals surface area contributed by atoms with Gasteiger partial charge in [0.1, 0.15) is 5.75 Å². The molecule has 8 nitrogen and oxygen atoms in total. The average molecular weight is 416 g/mol. The third kappa shape index (κ3) is 5.04. The number of H-pyrrole nitrogens is 1. The third-order valence-electron chi connectivity index (χ3n) is 3.90. The summed E-state index contributed by atoms with van der Waals surface area (Å²) in [6.07, 6.45) is 0. The number of rotatable bonds is 6. The summed E-state index contributed by atoms with van der Waals surface area (Å²) < 4.78 is 33.3. The number of amides is 2. The van der Waals surface area contributed by atoms with Crippen LogP contribution in [0.3, 0.4) is 0 Å². The molecule has 0 saturated heterocycles. The molecule has 0 aliphatic rings. The number of aromatic nitrogens is 1. The van der Waals surface area contributed by atoms with Crippen molar-refractivity contribution in [3.05, 3.63) is 76.1 Å². The van der Waals surface area contributed by atoms with Gasteiger partial charge >= 0.3 is 12.6 Å². The highest BCUT2D eigenvalue weighted by Gasteiger charge is 2.17. The van der Waals surface area contributed by atoms with E-state index < -0.39 is 36.6 Å². The highest BCUT2D eigenvalue weighted by atomic mass is 19.3. The minimum absolute atomic E-state index is 0.0110. The lowest BCUT2D eigenvalue weighted by Gasteiger charge is -2.08. The van der Waals surface area contributed by atoms with Crippen molar-refractivity contribution in [1.82, 2.24) is 10.3 Å².